The van der Waals surface area contributed by atoms with Crippen molar-refractivity contribution in [1.82, 2.24) is 4.90 Å². The van der Waals surface area contributed by atoms with Gasteiger partial charge in [-0.2, -0.15) is 0 Å². The minimum Gasteiger partial charge on any atom is -0.388 e. The molecule has 1 rings (SSSR count). The number of hydrogen-bond acceptors (Lipinski definition) is 2. The Morgan fingerprint density at radius 3 is 2.14 bits per heavy atom. The number of nitrogens with zero attached hydrogens (tertiary/aromatic N) is 1. The molecule has 0 aromatic heterocycles. The average molecular weight is 195 g/mol. The molecule has 0 saturated carbocycles. The molecule has 0 aliphatic carbocycles. The van der Waals surface area contributed by atoms with E-state index in [1.165, 1.54) is 0 Å². The third-order valence-corrected chi connectivity index (χ3v) is 2.91. The summed E-state index contributed by atoms with van der Waals surface area (Å²) in [6, 6.07) is 0. The monoisotopic (exact) mass is 195 g/mol. The highest BCUT2D eigenvalue weighted by molar-refractivity contribution is 6.39. The number of amides is 1. The second kappa shape index (κ2) is 3.30. The van der Waals surface area contributed by atoms with E-state index in [0.717, 1.165) is 6.42 Å². The van der Waals surface area contributed by atoms with Crippen LogP contribution in [0.3, 0.4) is 0 Å². The van der Waals surface area contributed by atoms with Gasteiger partial charge in [0.05, 0.1) is 5.52 Å². The van der Waals surface area contributed by atoms with Gasteiger partial charge in [-0.3, -0.25) is 4.79 Å². The Balaban J connectivity index is 2.80. The summed E-state index contributed by atoms with van der Waals surface area (Å²) < 4.78 is 0. The Hall–Kier alpha value is -0.440. The van der Waals surface area contributed by atoms with Crippen LogP contribution in [-0.4, -0.2) is 43.7 Å². The molecule has 1 atom stereocenters. The molecule has 1 saturated heterocycles. The molecule has 3 nitrogen and oxygen atoms in total. The minimum absolute atomic E-state index is 0.00289. The molecular weight excluding hydrogens is 176 g/mol. The van der Waals surface area contributed by atoms with Gasteiger partial charge in [-0.25, -0.2) is 0 Å². The van der Waals surface area contributed by atoms with Crippen molar-refractivity contribution in [2.24, 2.45) is 11.3 Å². The van der Waals surface area contributed by atoms with Crippen molar-refractivity contribution in [2.45, 2.75) is 32.7 Å². The van der Waals surface area contributed by atoms with E-state index >= 15 is 0 Å². The molecule has 1 N–H and O–H groups in total. The van der Waals surface area contributed by atoms with Gasteiger partial charge in [0, 0.05) is 12.5 Å². The summed E-state index contributed by atoms with van der Waals surface area (Å²) in [6.07, 6.45) is 0.853. The van der Waals surface area contributed by atoms with Gasteiger partial charge in [-0.1, -0.05) is 20.8 Å². The first kappa shape index (κ1) is 11.6. The van der Waals surface area contributed by atoms with Crippen molar-refractivity contribution in [1.29, 1.82) is 0 Å². The SMILES string of the molecule is BC(B)(O)N1CC[C@H](C(C)(C)C)C1=O. The molecule has 1 fully saturated rings. The topological polar surface area (TPSA) is 40.5 Å². The maximum absolute atomic E-state index is 12.0. The van der Waals surface area contributed by atoms with Crippen molar-refractivity contribution < 1.29 is 9.90 Å². The van der Waals surface area contributed by atoms with E-state index in [0.29, 0.717) is 6.54 Å². The van der Waals surface area contributed by atoms with E-state index in [4.69, 9.17) is 0 Å². The summed E-state index contributed by atoms with van der Waals surface area (Å²) in [7, 11) is 3.33. The van der Waals surface area contributed by atoms with Crippen LogP contribution < -0.4 is 0 Å². The molecule has 14 heavy (non-hydrogen) atoms. The van der Waals surface area contributed by atoms with Gasteiger partial charge in [0.1, 0.15) is 0 Å². The zero-order valence-electron chi connectivity index (χ0n) is 9.79. The highest BCUT2D eigenvalue weighted by Crippen LogP contribution is 2.35. The Morgan fingerprint density at radius 1 is 1.43 bits per heavy atom. The zero-order chi connectivity index (χ0) is 11.1. The van der Waals surface area contributed by atoms with E-state index in [2.05, 4.69) is 20.8 Å². The van der Waals surface area contributed by atoms with Crippen LogP contribution in [0.1, 0.15) is 27.2 Å². The predicted molar refractivity (Wildman–Crippen MR) is 61.3 cm³/mol. The molecule has 1 aliphatic rings. The van der Waals surface area contributed by atoms with Gasteiger partial charge in [-0.15, -0.1) is 0 Å². The van der Waals surface area contributed by atoms with Crippen LogP contribution in [0.2, 0.25) is 0 Å². The fourth-order valence-electron chi connectivity index (χ4n) is 2.03. The zero-order valence-corrected chi connectivity index (χ0v) is 9.79. The summed E-state index contributed by atoms with van der Waals surface area (Å²) in [6.45, 7) is 6.89. The van der Waals surface area contributed by atoms with E-state index in [9.17, 15) is 9.90 Å². The molecule has 0 aromatic carbocycles. The van der Waals surface area contributed by atoms with Crippen LogP contribution in [0.15, 0.2) is 0 Å². The molecule has 0 unspecified atom stereocenters. The number of carbonyl (C=O) groups is 1. The van der Waals surface area contributed by atoms with Crippen LogP contribution in [0.4, 0.5) is 0 Å². The molecule has 1 heterocycles. The highest BCUT2D eigenvalue weighted by Gasteiger charge is 2.43. The fourth-order valence-corrected chi connectivity index (χ4v) is 2.03. The second-order valence-corrected chi connectivity index (χ2v) is 5.69. The first-order chi connectivity index (χ1) is 6.14. The summed E-state index contributed by atoms with van der Waals surface area (Å²) in [5.74, 6) is 0.138. The standard InChI is InChI=1S/C9H19B2NO2/c1-8(2,3)6-4-5-12(7(6)13)9(10,11)14/h6,14H,4-5,10-11H2,1-3H3/t6-/m0/s1. The number of aliphatic hydroxyl groups is 1. The number of carbonyl (C=O) groups excluding carboxylic acids is 1. The average Bonchev–Trinajstić information content (AvgIpc) is 2.26. The molecular formula is C9H19B2NO2. The lowest BCUT2D eigenvalue weighted by atomic mass is 9.71. The fraction of sp³-hybridized carbons (Fsp3) is 0.889. The molecule has 5 heteroatoms. The molecule has 1 aliphatic heterocycles. The Labute approximate surface area is 87.7 Å². The Bertz CT molecular complexity index is 218. The molecule has 0 spiro atoms. The van der Waals surface area contributed by atoms with Crippen LogP contribution >= 0.6 is 0 Å². The van der Waals surface area contributed by atoms with Crippen LogP contribution in [0.5, 0.6) is 0 Å². The van der Waals surface area contributed by atoms with E-state index in [1.54, 1.807) is 20.6 Å². The minimum atomic E-state index is -1.02. The largest absolute Gasteiger partial charge is 0.388 e. The van der Waals surface area contributed by atoms with E-state index in [1.807, 2.05) is 0 Å². The van der Waals surface area contributed by atoms with Gasteiger partial charge in [0.25, 0.3) is 0 Å². The second-order valence-electron chi connectivity index (χ2n) is 5.69. The Kier molecular flexibility index (Phi) is 2.74. The van der Waals surface area contributed by atoms with Crippen LogP contribution in [0.25, 0.3) is 0 Å². The predicted octanol–water partition coefficient (Wildman–Crippen LogP) is -1.25. The first-order valence-electron chi connectivity index (χ1n) is 5.18. The van der Waals surface area contributed by atoms with Crippen molar-refractivity contribution >= 4 is 21.6 Å². The van der Waals surface area contributed by atoms with Gasteiger partial charge >= 0.3 is 0 Å². The van der Waals surface area contributed by atoms with Crippen molar-refractivity contribution in [2.75, 3.05) is 6.54 Å². The van der Waals surface area contributed by atoms with Crippen molar-refractivity contribution in [3.05, 3.63) is 0 Å². The highest BCUT2D eigenvalue weighted by atomic mass is 16.3. The number of likely N-dealkylation sites (tertiary alicyclic amines) is 1. The maximum atomic E-state index is 12.0. The Morgan fingerprint density at radius 2 is 1.93 bits per heavy atom. The van der Waals surface area contributed by atoms with E-state index in [-0.39, 0.29) is 17.2 Å². The lowest BCUT2D eigenvalue weighted by Crippen LogP contribution is -2.51. The maximum Gasteiger partial charge on any atom is 0.227 e. The summed E-state index contributed by atoms with van der Waals surface area (Å²) in [4.78, 5) is 13.5. The van der Waals surface area contributed by atoms with E-state index < -0.39 is 5.52 Å². The lowest BCUT2D eigenvalue weighted by Gasteiger charge is -2.33. The van der Waals surface area contributed by atoms with Gasteiger partial charge < -0.3 is 10.0 Å². The normalized spacial score (nSPS) is 24.4. The molecule has 0 aromatic rings. The van der Waals surface area contributed by atoms with Crippen LogP contribution in [0, 0.1) is 11.3 Å². The lowest BCUT2D eigenvalue weighted by molar-refractivity contribution is -0.140. The molecule has 0 bridgehead atoms. The molecule has 0 radical (unpaired) electrons. The quantitative estimate of drug-likeness (QED) is 0.531. The van der Waals surface area contributed by atoms with Gasteiger partial charge in [0.2, 0.25) is 5.91 Å². The number of rotatable bonds is 1. The number of hydrogen-bond donors (Lipinski definition) is 1. The summed E-state index contributed by atoms with van der Waals surface area (Å²) >= 11 is 0. The van der Waals surface area contributed by atoms with Gasteiger partial charge in [-0.05, 0) is 11.8 Å². The van der Waals surface area contributed by atoms with Crippen molar-refractivity contribution in [3.8, 4) is 0 Å². The van der Waals surface area contributed by atoms with Crippen LogP contribution in [-0.2, 0) is 4.79 Å². The first-order valence-corrected chi connectivity index (χ1v) is 5.18. The third kappa shape index (κ3) is 2.14. The summed E-state index contributed by atoms with van der Waals surface area (Å²) in [5, 5.41) is 9.78. The van der Waals surface area contributed by atoms with Gasteiger partial charge in [0.15, 0.2) is 15.7 Å². The smallest absolute Gasteiger partial charge is 0.227 e. The summed E-state index contributed by atoms with van der Waals surface area (Å²) in [5.41, 5.74) is -1.02. The third-order valence-electron chi connectivity index (χ3n) is 2.91. The van der Waals surface area contributed by atoms with Crippen molar-refractivity contribution in [3.63, 3.8) is 0 Å². The molecule has 78 valence electrons. The molecule has 1 amide bonds.